The Kier molecular flexibility index (Phi) is 5.64. The van der Waals surface area contributed by atoms with Crippen LogP contribution in [0.2, 0.25) is 0 Å². The summed E-state index contributed by atoms with van der Waals surface area (Å²) in [5.41, 5.74) is -0.245. The van der Waals surface area contributed by atoms with Crippen LogP contribution >= 0.6 is 0 Å². The first kappa shape index (κ1) is 15.6. The van der Waals surface area contributed by atoms with Crippen molar-refractivity contribution in [3.63, 3.8) is 0 Å². The molecule has 0 aliphatic rings. The summed E-state index contributed by atoms with van der Waals surface area (Å²) in [7, 11) is 0. The highest BCUT2D eigenvalue weighted by molar-refractivity contribution is 5.98. The van der Waals surface area contributed by atoms with Crippen molar-refractivity contribution in [2.24, 2.45) is 0 Å². The normalized spacial score (nSPS) is 11.7. The summed E-state index contributed by atoms with van der Waals surface area (Å²) < 4.78 is 0. The highest BCUT2D eigenvalue weighted by Gasteiger charge is 2.20. The van der Waals surface area contributed by atoms with Gasteiger partial charge in [-0.2, -0.15) is 0 Å². The van der Waals surface area contributed by atoms with Crippen molar-refractivity contribution >= 4 is 17.6 Å². The fraction of sp³-hybridized carbons (Fsp3) is 0.385. The number of carboxylic acid groups (broad SMARTS) is 1. The Morgan fingerprint density at radius 1 is 1.40 bits per heavy atom. The van der Waals surface area contributed by atoms with E-state index in [1.807, 2.05) is 0 Å². The Hall–Kier alpha value is -2.44. The Morgan fingerprint density at radius 2 is 2.05 bits per heavy atom. The first-order valence-electron chi connectivity index (χ1n) is 6.18. The monoisotopic (exact) mass is 280 g/mol. The molecule has 0 spiro atoms. The van der Waals surface area contributed by atoms with Crippen molar-refractivity contribution in [1.29, 1.82) is 0 Å². The van der Waals surface area contributed by atoms with Gasteiger partial charge in [-0.15, -0.1) is 0 Å². The quantitative estimate of drug-likeness (QED) is 0.586. The molecule has 1 aromatic carbocycles. The molecule has 1 unspecified atom stereocenters. The zero-order valence-electron chi connectivity index (χ0n) is 11.0. The van der Waals surface area contributed by atoms with Crippen molar-refractivity contribution in [3.8, 4) is 0 Å². The zero-order valence-corrected chi connectivity index (χ0v) is 11.0. The van der Waals surface area contributed by atoms with Gasteiger partial charge >= 0.3 is 5.97 Å². The van der Waals surface area contributed by atoms with Gasteiger partial charge in [-0.05, 0) is 25.8 Å². The van der Waals surface area contributed by atoms with Crippen LogP contribution < -0.4 is 5.32 Å². The molecular formula is C13H16N2O5. The SMILES string of the molecule is CC(CCCC(=O)O)NC(=O)c1ccccc1[N+](=O)[O-]. The second-order valence-electron chi connectivity index (χ2n) is 4.43. The summed E-state index contributed by atoms with van der Waals surface area (Å²) in [6.45, 7) is 1.73. The van der Waals surface area contributed by atoms with Crippen LogP contribution in [0.1, 0.15) is 36.5 Å². The molecule has 0 fully saturated rings. The van der Waals surface area contributed by atoms with E-state index in [2.05, 4.69) is 5.32 Å². The maximum Gasteiger partial charge on any atom is 0.303 e. The van der Waals surface area contributed by atoms with Crippen LogP contribution in [-0.2, 0) is 4.79 Å². The number of carbonyl (C=O) groups is 2. The molecule has 7 heteroatoms. The van der Waals surface area contributed by atoms with Gasteiger partial charge < -0.3 is 10.4 Å². The molecule has 1 aromatic rings. The van der Waals surface area contributed by atoms with Gasteiger partial charge in [0.1, 0.15) is 5.56 Å². The topological polar surface area (TPSA) is 110 Å². The van der Waals surface area contributed by atoms with E-state index in [4.69, 9.17) is 5.11 Å². The lowest BCUT2D eigenvalue weighted by atomic mass is 10.1. The number of aliphatic carboxylic acids is 1. The molecule has 2 N–H and O–H groups in total. The second-order valence-corrected chi connectivity index (χ2v) is 4.43. The highest BCUT2D eigenvalue weighted by atomic mass is 16.6. The van der Waals surface area contributed by atoms with Crippen LogP contribution in [0.25, 0.3) is 0 Å². The van der Waals surface area contributed by atoms with Crippen molar-refractivity contribution in [1.82, 2.24) is 5.32 Å². The number of amides is 1. The number of nitro benzene ring substituents is 1. The van der Waals surface area contributed by atoms with E-state index in [9.17, 15) is 19.7 Å². The van der Waals surface area contributed by atoms with E-state index in [-0.39, 0.29) is 23.7 Å². The van der Waals surface area contributed by atoms with E-state index in [1.54, 1.807) is 13.0 Å². The number of carbonyl (C=O) groups excluding carboxylic acids is 1. The fourth-order valence-electron chi connectivity index (χ4n) is 1.76. The Bertz CT molecular complexity index is 515. The first-order chi connectivity index (χ1) is 9.41. The van der Waals surface area contributed by atoms with Crippen molar-refractivity contribution in [2.45, 2.75) is 32.2 Å². The third-order valence-corrected chi connectivity index (χ3v) is 2.75. The van der Waals surface area contributed by atoms with Gasteiger partial charge in [0.25, 0.3) is 11.6 Å². The summed E-state index contributed by atoms with van der Waals surface area (Å²) in [5.74, 6) is -1.41. The smallest absolute Gasteiger partial charge is 0.303 e. The molecule has 0 saturated heterocycles. The number of nitrogens with zero attached hydrogens (tertiary/aromatic N) is 1. The summed E-state index contributed by atoms with van der Waals surface area (Å²) in [4.78, 5) is 32.5. The number of carboxylic acids is 1. The Morgan fingerprint density at radius 3 is 2.65 bits per heavy atom. The lowest BCUT2D eigenvalue weighted by molar-refractivity contribution is -0.385. The molecule has 0 saturated carbocycles. The van der Waals surface area contributed by atoms with Gasteiger partial charge in [0.2, 0.25) is 0 Å². The number of benzene rings is 1. The highest BCUT2D eigenvalue weighted by Crippen LogP contribution is 2.17. The third-order valence-electron chi connectivity index (χ3n) is 2.75. The minimum absolute atomic E-state index is 0.00239. The average Bonchev–Trinajstić information content (AvgIpc) is 2.38. The standard InChI is InChI=1S/C13H16N2O5/c1-9(5-4-8-12(16)17)14-13(18)10-6-2-3-7-11(10)15(19)20/h2-3,6-7,9H,4-5,8H2,1H3,(H,14,18)(H,16,17). The fourth-order valence-corrected chi connectivity index (χ4v) is 1.76. The van der Waals surface area contributed by atoms with Gasteiger partial charge in [0, 0.05) is 18.5 Å². The maximum atomic E-state index is 11.9. The van der Waals surface area contributed by atoms with Gasteiger partial charge in [-0.25, -0.2) is 0 Å². The van der Waals surface area contributed by atoms with Gasteiger partial charge in [0.15, 0.2) is 0 Å². The Balaban J connectivity index is 2.62. The summed E-state index contributed by atoms with van der Waals surface area (Å²) >= 11 is 0. The minimum Gasteiger partial charge on any atom is -0.481 e. The van der Waals surface area contributed by atoms with Gasteiger partial charge in [0.05, 0.1) is 4.92 Å². The molecule has 0 aromatic heterocycles. The zero-order chi connectivity index (χ0) is 15.1. The molecule has 0 bridgehead atoms. The van der Waals surface area contributed by atoms with Crippen LogP contribution in [0.4, 0.5) is 5.69 Å². The second kappa shape index (κ2) is 7.22. The predicted octanol–water partition coefficient (Wildman–Crippen LogP) is 1.97. The van der Waals surface area contributed by atoms with Gasteiger partial charge in [-0.3, -0.25) is 19.7 Å². The van der Waals surface area contributed by atoms with Crippen molar-refractivity contribution in [2.75, 3.05) is 0 Å². The number of hydrogen-bond acceptors (Lipinski definition) is 4. The van der Waals surface area contributed by atoms with Crippen LogP contribution in [0, 0.1) is 10.1 Å². The molecule has 0 aliphatic carbocycles. The summed E-state index contributed by atoms with van der Waals surface area (Å²) in [5, 5.41) is 22.0. The molecule has 0 radical (unpaired) electrons. The van der Waals surface area contributed by atoms with Crippen LogP contribution in [-0.4, -0.2) is 27.9 Å². The lowest BCUT2D eigenvalue weighted by Crippen LogP contribution is -2.33. The largest absolute Gasteiger partial charge is 0.481 e. The van der Waals surface area contributed by atoms with E-state index < -0.39 is 16.8 Å². The maximum absolute atomic E-state index is 11.9. The molecule has 1 amide bonds. The minimum atomic E-state index is -0.887. The molecule has 1 rings (SSSR count). The van der Waals surface area contributed by atoms with E-state index in [0.29, 0.717) is 12.8 Å². The number of rotatable bonds is 7. The van der Waals surface area contributed by atoms with Crippen LogP contribution in [0.3, 0.4) is 0 Å². The summed E-state index contributed by atoms with van der Waals surface area (Å²) in [6.07, 6.45) is 0.970. The predicted molar refractivity (Wildman–Crippen MR) is 71.5 cm³/mol. The molecule has 20 heavy (non-hydrogen) atoms. The number of nitrogens with one attached hydrogen (secondary N) is 1. The van der Waals surface area contributed by atoms with Gasteiger partial charge in [-0.1, -0.05) is 12.1 Å². The van der Waals surface area contributed by atoms with E-state index in [0.717, 1.165) is 0 Å². The average molecular weight is 280 g/mol. The third kappa shape index (κ3) is 4.68. The molecule has 0 aliphatic heterocycles. The molecular weight excluding hydrogens is 264 g/mol. The molecule has 108 valence electrons. The van der Waals surface area contributed by atoms with Crippen LogP contribution in [0.5, 0.6) is 0 Å². The van der Waals surface area contributed by atoms with Crippen molar-refractivity contribution < 1.29 is 19.6 Å². The number of nitro groups is 1. The molecule has 1 atom stereocenters. The number of para-hydroxylation sites is 1. The lowest BCUT2D eigenvalue weighted by Gasteiger charge is -2.13. The van der Waals surface area contributed by atoms with E-state index >= 15 is 0 Å². The van der Waals surface area contributed by atoms with Crippen molar-refractivity contribution in [3.05, 3.63) is 39.9 Å². The molecule has 7 nitrogen and oxygen atoms in total. The number of hydrogen-bond donors (Lipinski definition) is 2. The summed E-state index contributed by atoms with van der Waals surface area (Å²) in [6, 6.07) is 5.45. The van der Waals surface area contributed by atoms with E-state index in [1.165, 1.54) is 18.2 Å². The Labute approximate surface area is 115 Å². The van der Waals surface area contributed by atoms with Crippen LogP contribution in [0.15, 0.2) is 24.3 Å². The first-order valence-corrected chi connectivity index (χ1v) is 6.18. The molecule has 0 heterocycles.